The molecule has 3 heterocycles. The second-order valence-electron chi connectivity index (χ2n) is 7.83. The van der Waals surface area contributed by atoms with Crippen molar-refractivity contribution in [2.45, 2.75) is 36.2 Å². The molecule has 2 fully saturated rings. The SMILES string of the molecule is CCOC(=O)C=C1C2CCC1CN(Cc1ccc3c(c1)Nc1nccnc1S3)C2. The lowest BCUT2D eigenvalue weighted by atomic mass is 9.91. The summed E-state index contributed by atoms with van der Waals surface area (Å²) in [5.74, 6) is 1.60. The molecule has 1 N–H and O–H groups in total. The zero-order valence-electron chi connectivity index (χ0n) is 16.4. The van der Waals surface area contributed by atoms with Gasteiger partial charge in [-0.3, -0.25) is 4.90 Å². The molecule has 1 aromatic heterocycles. The molecule has 2 unspecified atom stereocenters. The summed E-state index contributed by atoms with van der Waals surface area (Å²) in [6.45, 7) is 5.23. The predicted molar refractivity (Wildman–Crippen MR) is 112 cm³/mol. The van der Waals surface area contributed by atoms with Crippen molar-refractivity contribution in [2.75, 3.05) is 25.0 Å². The first-order valence-electron chi connectivity index (χ1n) is 10.2. The Balaban J connectivity index is 1.28. The highest BCUT2D eigenvalue weighted by Crippen LogP contribution is 2.44. The average molecular weight is 409 g/mol. The molecule has 0 spiro atoms. The van der Waals surface area contributed by atoms with E-state index < -0.39 is 0 Å². The predicted octanol–water partition coefficient (Wildman–Crippen LogP) is 4.02. The number of carbonyl (C=O) groups is 1. The van der Waals surface area contributed by atoms with Crippen molar-refractivity contribution >= 4 is 29.2 Å². The third kappa shape index (κ3) is 3.76. The number of ether oxygens (including phenoxy) is 1. The van der Waals surface area contributed by atoms with Crippen LogP contribution in [0.25, 0.3) is 0 Å². The van der Waals surface area contributed by atoms with Crippen molar-refractivity contribution in [3.8, 4) is 0 Å². The van der Waals surface area contributed by atoms with Crippen LogP contribution in [0.5, 0.6) is 0 Å². The van der Waals surface area contributed by atoms with Crippen molar-refractivity contribution in [3.63, 3.8) is 0 Å². The second-order valence-corrected chi connectivity index (χ2v) is 8.86. The zero-order chi connectivity index (χ0) is 19.8. The number of nitrogens with zero attached hydrogens (tertiary/aromatic N) is 3. The van der Waals surface area contributed by atoms with Gasteiger partial charge in [-0.25, -0.2) is 14.8 Å². The molecular weight excluding hydrogens is 384 g/mol. The van der Waals surface area contributed by atoms with E-state index in [0.717, 1.165) is 36.2 Å². The van der Waals surface area contributed by atoms with Crippen molar-refractivity contribution in [2.24, 2.45) is 11.8 Å². The molecule has 0 amide bonds. The number of hydrogen-bond donors (Lipinski definition) is 1. The number of aromatic nitrogens is 2. The second kappa shape index (κ2) is 7.80. The number of fused-ring (bicyclic) bond motifs is 4. The molecule has 0 radical (unpaired) electrons. The lowest BCUT2D eigenvalue weighted by Gasteiger charge is -2.34. The minimum atomic E-state index is -0.186. The van der Waals surface area contributed by atoms with Crippen molar-refractivity contribution in [3.05, 3.63) is 47.8 Å². The summed E-state index contributed by atoms with van der Waals surface area (Å²) in [6, 6.07) is 6.61. The van der Waals surface area contributed by atoms with E-state index in [2.05, 4.69) is 38.4 Å². The number of nitrogens with one attached hydrogen (secondary N) is 1. The monoisotopic (exact) mass is 408 g/mol. The number of hydrogen-bond acceptors (Lipinski definition) is 7. The molecule has 5 rings (SSSR count). The summed E-state index contributed by atoms with van der Waals surface area (Å²) >= 11 is 1.66. The standard InChI is InChI=1S/C22H24N4O2S/c1-2-28-20(27)10-17-15-4-5-16(17)13-26(12-15)11-14-3-6-19-18(9-14)25-21-22(29-19)24-8-7-23-21/h3,6-10,15-16H,2,4-5,11-13H2,1H3,(H,23,25). The molecule has 1 saturated heterocycles. The van der Waals surface area contributed by atoms with Gasteiger partial charge in [0.25, 0.3) is 0 Å². The van der Waals surface area contributed by atoms with Crippen LogP contribution in [0.4, 0.5) is 11.5 Å². The van der Waals surface area contributed by atoms with Gasteiger partial charge in [-0.05, 0) is 49.3 Å². The van der Waals surface area contributed by atoms with Crippen molar-refractivity contribution < 1.29 is 9.53 Å². The first kappa shape index (κ1) is 18.6. The summed E-state index contributed by atoms with van der Waals surface area (Å²) in [5.41, 5.74) is 3.70. The Kier molecular flexibility index (Phi) is 5.01. The molecule has 1 aliphatic carbocycles. The fraction of sp³-hybridized carbons (Fsp3) is 0.409. The van der Waals surface area contributed by atoms with E-state index in [1.165, 1.54) is 28.9 Å². The molecule has 1 saturated carbocycles. The fourth-order valence-corrected chi connectivity index (χ4v) is 5.56. The van der Waals surface area contributed by atoms with Gasteiger partial charge >= 0.3 is 5.97 Å². The number of carbonyl (C=O) groups excluding carboxylic acids is 1. The van der Waals surface area contributed by atoms with Crippen LogP contribution in [0.15, 0.2) is 52.2 Å². The van der Waals surface area contributed by atoms with Crippen molar-refractivity contribution in [1.82, 2.24) is 14.9 Å². The fourth-order valence-electron chi connectivity index (χ4n) is 4.68. The molecule has 150 valence electrons. The first-order chi connectivity index (χ1) is 14.2. The molecule has 3 aliphatic rings. The van der Waals surface area contributed by atoms with Crippen LogP contribution in [0.1, 0.15) is 25.3 Å². The van der Waals surface area contributed by atoms with Gasteiger partial charge in [-0.1, -0.05) is 23.4 Å². The lowest BCUT2D eigenvalue weighted by Crippen LogP contribution is -2.37. The normalized spacial score (nSPS) is 22.4. The lowest BCUT2D eigenvalue weighted by molar-refractivity contribution is -0.137. The smallest absolute Gasteiger partial charge is 0.330 e. The first-order valence-corrected chi connectivity index (χ1v) is 11.0. The summed E-state index contributed by atoms with van der Waals surface area (Å²) in [6.07, 6.45) is 7.55. The summed E-state index contributed by atoms with van der Waals surface area (Å²) in [5, 5.41) is 4.33. The maximum Gasteiger partial charge on any atom is 0.330 e. The Bertz CT molecular complexity index is 961. The van der Waals surface area contributed by atoms with Gasteiger partial charge in [-0.2, -0.15) is 0 Å². The summed E-state index contributed by atoms with van der Waals surface area (Å²) < 4.78 is 5.12. The average Bonchev–Trinajstić information content (AvgIpc) is 2.94. The van der Waals surface area contributed by atoms with Gasteiger partial charge in [-0.15, -0.1) is 0 Å². The van der Waals surface area contributed by atoms with Crippen LogP contribution in [-0.2, 0) is 16.1 Å². The zero-order valence-corrected chi connectivity index (χ0v) is 17.2. The molecule has 2 aromatic rings. The van der Waals surface area contributed by atoms with E-state index in [4.69, 9.17) is 4.74 Å². The van der Waals surface area contributed by atoms with E-state index in [1.54, 1.807) is 30.2 Å². The van der Waals surface area contributed by atoms with E-state index in [0.29, 0.717) is 18.4 Å². The third-order valence-corrected chi connectivity index (χ3v) is 6.98. The highest BCUT2D eigenvalue weighted by Gasteiger charge is 2.37. The minimum Gasteiger partial charge on any atom is -0.463 e. The number of likely N-dealkylation sites (tertiary alicyclic amines) is 1. The van der Waals surface area contributed by atoms with E-state index in [1.807, 2.05) is 6.92 Å². The van der Waals surface area contributed by atoms with Crippen LogP contribution in [0.2, 0.25) is 0 Å². The van der Waals surface area contributed by atoms with E-state index in [-0.39, 0.29) is 5.97 Å². The Labute approximate surface area is 174 Å². The summed E-state index contributed by atoms with van der Waals surface area (Å²) in [4.78, 5) is 24.4. The van der Waals surface area contributed by atoms with Crippen LogP contribution < -0.4 is 5.32 Å². The molecule has 1 aromatic carbocycles. The molecule has 2 bridgehead atoms. The summed E-state index contributed by atoms with van der Waals surface area (Å²) in [7, 11) is 0. The number of rotatable bonds is 4. The quantitative estimate of drug-likeness (QED) is 0.517. The van der Waals surface area contributed by atoms with E-state index >= 15 is 0 Å². The van der Waals surface area contributed by atoms with Crippen LogP contribution in [0, 0.1) is 11.8 Å². The number of benzene rings is 1. The minimum absolute atomic E-state index is 0.186. The molecule has 2 atom stereocenters. The van der Waals surface area contributed by atoms with Gasteiger partial charge in [0.1, 0.15) is 5.03 Å². The number of anilines is 2. The maximum absolute atomic E-state index is 11.9. The molecule has 29 heavy (non-hydrogen) atoms. The van der Waals surface area contributed by atoms with Crippen LogP contribution >= 0.6 is 11.8 Å². The Morgan fingerprint density at radius 1 is 1.28 bits per heavy atom. The Morgan fingerprint density at radius 3 is 2.86 bits per heavy atom. The maximum atomic E-state index is 11.9. The van der Waals surface area contributed by atoms with Gasteiger partial charge in [0.05, 0.1) is 12.3 Å². The third-order valence-electron chi connectivity index (χ3n) is 5.91. The van der Waals surface area contributed by atoms with Gasteiger partial charge in [0.2, 0.25) is 0 Å². The Morgan fingerprint density at radius 2 is 2.07 bits per heavy atom. The molecular formula is C22H24N4O2S. The molecule has 6 nitrogen and oxygen atoms in total. The van der Waals surface area contributed by atoms with Crippen LogP contribution in [0.3, 0.4) is 0 Å². The highest BCUT2D eigenvalue weighted by atomic mass is 32.2. The van der Waals surface area contributed by atoms with Crippen LogP contribution in [-0.4, -0.2) is 40.5 Å². The largest absolute Gasteiger partial charge is 0.463 e. The van der Waals surface area contributed by atoms with E-state index in [9.17, 15) is 4.79 Å². The molecule has 7 heteroatoms. The van der Waals surface area contributed by atoms with Gasteiger partial charge in [0, 0.05) is 43.0 Å². The van der Waals surface area contributed by atoms with Gasteiger partial charge in [0.15, 0.2) is 5.82 Å². The van der Waals surface area contributed by atoms with Crippen molar-refractivity contribution in [1.29, 1.82) is 0 Å². The topological polar surface area (TPSA) is 67.3 Å². The molecule has 2 aliphatic heterocycles. The number of piperidine rings is 1. The Hall–Kier alpha value is -2.38. The van der Waals surface area contributed by atoms with Gasteiger partial charge < -0.3 is 10.1 Å². The highest BCUT2D eigenvalue weighted by molar-refractivity contribution is 7.99. The number of esters is 1.